The van der Waals surface area contributed by atoms with Crippen LogP contribution in [0.25, 0.3) is 0 Å². The van der Waals surface area contributed by atoms with Crippen molar-refractivity contribution in [3.05, 3.63) is 22.8 Å². The monoisotopic (exact) mass is 271 g/mol. The quantitative estimate of drug-likeness (QED) is 0.862. The Labute approximate surface area is 100 Å². The van der Waals surface area contributed by atoms with E-state index in [9.17, 15) is 0 Å². The second-order valence-corrected chi connectivity index (χ2v) is 4.23. The first-order valence-electron chi connectivity index (χ1n) is 5.34. The van der Waals surface area contributed by atoms with Crippen molar-refractivity contribution < 1.29 is 0 Å². The number of hydrogen-bond donors (Lipinski definition) is 1. The van der Waals surface area contributed by atoms with E-state index >= 15 is 0 Å². The van der Waals surface area contributed by atoms with Crippen LogP contribution in [-0.4, -0.2) is 36.1 Å². The van der Waals surface area contributed by atoms with Gasteiger partial charge in [0.1, 0.15) is 5.82 Å². The van der Waals surface area contributed by atoms with Crippen molar-refractivity contribution >= 4 is 21.7 Å². The summed E-state index contributed by atoms with van der Waals surface area (Å²) >= 11 is 3.42. The molecule has 0 aromatic carbocycles. The zero-order valence-electron chi connectivity index (χ0n) is 9.33. The lowest BCUT2D eigenvalue weighted by molar-refractivity contribution is 0.316. The van der Waals surface area contributed by atoms with Crippen LogP contribution in [0.2, 0.25) is 0 Å². The fourth-order valence-corrected chi connectivity index (χ4v) is 1.72. The maximum atomic E-state index is 4.23. The molecule has 3 nitrogen and oxygen atoms in total. The number of rotatable bonds is 6. The Kier molecular flexibility index (Phi) is 5.65. The van der Waals surface area contributed by atoms with Gasteiger partial charge >= 0.3 is 0 Å². The summed E-state index contributed by atoms with van der Waals surface area (Å²) in [6, 6.07) is 3.91. The highest BCUT2D eigenvalue weighted by atomic mass is 79.9. The van der Waals surface area contributed by atoms with Crippen molar-refractivity contribution in [1.29, 1.82) is 0 Å². The standard InChI is InChI=1S/C11H18BrN3/c1-3-15(4-2)8-7-14-11-9-10(12)5-6-13-11/h5-6,9H,3-4,7-8H2,1-2H3,(H,13,14). The van der Waals surface area contributed by atoms with Crippen LogP contribution in [0.4, 0.5) is 5.82 Å². The molecule has 1 rings (SSSR count). The van der Waals surface area contributed by atoms with Crippen LogP contribution in [0.1, 0.15) is 13.8 Å². The van der Waals surface area contributed by atoms with Crippen molar-refractivity contribution in [3.8, 4) is 0 Å². The highest BCUT2D eigenvalue weighted by Crippen LogP contribution is 2.12. The molecule has 4 heteroatoms. The van der Waals surface area contributed by atoms with Gasteiger partial charge in [-0.15, -0.1) is 0 Å². The molecule has 0 aliphatic carbocycles. The van der Waals surface area contributed by atoms with E-state index < -0.39 is 0 Å². The highest BCUT2D eigenvalue weighted by Gasteiger charge is 1.98. The van der Waals surface area contributed by atoms with Crippen molar-refractivity contribution in [1.82, 2.24) is 9.88 Å². The molecule has 0 unspecified atom stereocenters. The third kappa shape index (κ3) is 4.62. The molecule has 0 fully saturated rings. The van der Waals surface area contributed by atoms with Gasteiger partial charge in [-0.2, -0.15) is 0 Å². The summed E-state index contributed by atoms with van der Waals surface area (Å²) in [4.78, 5) is 6.61. The smallest absolute Gasteiger partial charge is 0.127 e. The summed E-state index contributed by atoms with van der Waals surface area (Å²) in [7, 11) is 0. The number of likely N-dealkylation sites (N-methyl/N-ethyl adjacent to an activating group) is 1. The number of nitrogens with zero attached hydrogens (tertiary/aromatic N) is 2. The van der Waals surface area contributed by atoms with Gasteiger partial charge in [-0.3, -0.25) is 0 Å². The van der Waals surface area contributed by atoms with E-state index in [1.165, 1.54) is 0 Å². The topological polar surface area (TPSA) is 28.2 Å². The average molecular weight is 272 g/mol. The third-order valence-corrected chi connectivity index (χ3v) is 2.84. The van der Waals surface area contributed by atoms with Gasteiger partial charge in [0.2, 0.25) is 0 Å². The fourth-order valence-electron chi connectivity index (χ4n) is 1.38. The van der Waals surface area contributed by atoms with E-state index in [4.69, 9.17) is 0 Å². The summed E-state index contributed by atoms with van der Waals surface area (Å²) < 4.78 is 1.06. The molecule has 1 heterocycles. The van der Waals surface area contributed by atoms with Crippen LogP contribution in [0.15, 0.2) is 22.8 Å². The minimum Gasteiger partial charge on any atom is -0.369 e. The Morgan fingerprint density at radius 3 is 2.73 bits per heavy atom. The molecular formula is C11H18BrN3. The Morgan fingerprint density at radius 1 is 1.40 bits per heavy atom. The Balaban J connectivity index is 2.31. The van der Waals surface area contributed by atoms with Crippen LogP contribution < -0.4 is 5.32 Å². The second-order valence-electron chi connectivity index (χ2n) is 3.31. The van der Waals surface area contributed by atoms with Gasteiger partial charge in [0.25, 0.3) is 0 Å². The fraction of sp³-hybridized carbons (Fsp3) is 0.545. The third-order valence-electron chi connectivity index (χ3n) is 2.35. The van der Waals surface area contributed by atoms with Crippen LogP contribution in [-0.2, 0) is 0 Å². The maximum Gasteiger partial charge on any atom is 0.127 e. The zero-order valence-corrected chi connectivity index (χ0v) is 10.9. The molecule has 0 radical (unpaired) electrons. The molecule has 84 valence electrons. The van der Waals surface area contributed by atoms with Gasteiger partial charge < -0.3 is 10.2 Å². The molecule has 1 aromatic heterocycles. The van der Waals surface area contributed by atoms with Gasteiger partial charge in [0, 0.05) is 23.8 Å². The predicted molar refractivity (Wildman–Crippen MR) is 68.2 cm³/mol. The molecule has 0 spiro atoms. The van der Waals surface area contributed by atoms with Gasteiger partial charge in [-0.05, 0) is 25.2 Å². The molecule has 1 aromatic rings. The van der Waals surface area contributed by atoms with E-state index in [2.05, 4.69) is 45.0 Å². The van der Waals surface area contributed by atoms with Gasteiger partial charge in [-0.1, -0.05) is 29.8 Å². The lowest BCUT2D eigenvalue weighted by Gasteiger charge is -2.18. The van der Waals surface area contributed by atoms with E-state index in [0.717, 1.165) is 36.5 Å². The van der Waals surface area contributed by atoms with Crippen LogP contribution in [0.3, 0.4) is 0 Å². The number of pyridine rings is 1. The van der Waals surface area contributed by atoms with Crippen LogP contribution in [0.5, 0.6) is 0 Å². The van der Waals surface area contributed by atoms with Crippen molar-refractivity contribution in [3.63, 3.8) is 0 Å². The van der Waals surface area contributed by atoms with Crippen LogP contribution >= 0.6 is 15.9 Å². The maximum absolute atomic E-state index is 4.23. The molecule has 0 bridgehead atoms. The minimum absolute atomic E-state index is 0.927. The molecule has 0 amide bonds. The SMILES string of the molecule is CCN(CC)CCNc1cc(Br)ccn1. The lowest BCUT2D eigenvalue weighted by Crippen LogP contribution is -2.28. The highest BCUT2D eigenvalue weighted by molar-refractivity contribution is 9.10. The number of halogens is 1. The van der Waals surface area contributed by atoms with Crippen molar-refractivity contribution in [2.45, 2.75) is 13.8 Å². The molecule has 0 saturated carbocycles. The molecule has 0 aliphatic heterocycles. The first kappa shape index (κ1) is 12.5. The van der Waals surface area contributed by atoms with E-state index in [-0.39, 0.29) is 0 Å². The van der Waals surface area contributed by atoms with Gasteiger partial charge in [-0.25, -0.2) is 4.98 Å². The molecule has 15 heavy (non-hydrogen) atoms. The second kappa shape index (κ2) is 6.80. The first-order chi connectivity index (χ1) is 7.26. The predicted octanol–water partition coefficient (Wildman–Crippen LogP) is 2.60. The summed E-state index contributed by atoms with van der Waals surface area (Å²) in [5, 5.41) is 3.30. The van der Waals surface area contributed by atoms with Crippen molar-refractivity contribution in [2.75, 3.05) is 31.5 Å². The first-order valence-corrected chi connectivity index (χ1v) is 6.13. The van der Waals surface area contributed by atoms with Gasteiger partial charge in [0.05, 0.1) is 0 Å². The lowest BCUT2D eigenvalue weighted by atomic mass is 10.4. The largest absolute Gasteiger partial charge is 0.369 e. The summed E-state index contributed by atoms with van der Waals surface area (Å²) in [6.45, 7) is 8.56. The van der Waals surface area contributed by atoms with E-state index in [1.807, 2.05) is 12.1 Å². The molecule has 0 aliphatic rings. The number of nitrogens with one attached hydrogen (secondary N) is 1. The van der Waals surface area contributed by atoms with E-state index in [0.29, 0.717) is 0 Å². The Bertz CT molecular complexity index is 287. The average Bonchev–Trinajstić information content (AvgIpc) is 2.25. The molecule has 1 N–H and O–H groups in total. The summed E-state index contributed by atoms with van der Waals surface area (Å²) in [5.41, 5.74) is 0. The number of anilines is 1. The van der Waals surface area contributed by atoms with Crippen molar-refractivity contribution in [2.24, 2.45) is 0 Å². The van der Waals surface area contributed by atoms with E-state index in [1.54, 1.807) is 6.20 Å². The summed E-state index contributed by atoms with van der Waals surface area (Å²) in [5.74, 6) is 0.927. The number of aromatic nitrogens is 1. The molecular weight excluding hydrogens is 254 g/mol. The number of hydrogen-bond acceptors (Lipinski definition) is 3. The summed E-state index contributed by atoms with van der Waals surface area (Å²) in [6.07, 6.45) is 1.80. The zero-order chi connectivity index (χ0) is 11.1. The minimum atomic E-state index is 0.927. The Morgan fingerprint density at radius 2 is 2.13 bits per heavy atom. The van der Waals surface area contributed by atoms with Crippen LogP contribution in [0, 0.1) is 0 Å². The van der Waals surface area contributed by atoms with Gasteiger partial charge in [0.15, 0.2) is 0 Å². The molecule has 0 saturated heterocycles. The molecule has 0 atom stereocenters. The normalized spacial score (nSPS) is 10.7. The Hall–Kier alpha value is -0.610.